The molecule has 2 heterocycles. The van der Waals surface area contributed by atoms with Gasteiger partial charge in [0.15, 0.2) is 0 Å². The Balaban J connectivity index is 1.88. The van der Waals surface area contributed by atoms with Crippen molar-refractivity contribution in [1.29, 1.82) is 0 Å². The summed E-state index contributed by atoms with van der Waals surface area (Å²) < 4.78 is 5.28. The molecule has 0 aliphatic carbocycles. The minimum atomic E-state index is -0.276. The predicted molar refractivity (Wildman–Crippen MR) is 105 cm³/mol. The van der Waals surface area contributed by atoms with Gasteiger partial charge in [0, 0.05) is 23.2 Å². The molecule has 2 aromatic carbocycles. The Labute approximate surface area is 157 Å². The number of benzene rings is 2. The highest BCUT2D eigenvalue weighted by atomic mass is 16.5. The third kappa shape index (κ3) is 3.40. The highest BCUT2D eigenvalue weighted by Crippen LogP contribution is 2.37. The summed E-state index contributed by atoms with van der Waals surface area (Å²) in [6, 6.07) is 20.8. The largest absolute Gasteiger partial charge is 0.507 e. The molecule has 134 valence electrons. The number of fused-ring (bicyclic) bond motifs is 1. The van der Waals surface area contributed by atoms with E-state index in [2.05, 4.69) is 15.3 Å². The summed E-state index contributed by atoms with van der Waals surface area (Å²) >= 11 is 0. The van der Waals surface area contributed by atoms with Crippen molar-refractivity contribution < 1.29 is 14.8 Å². The molecule has 5 heteroatoms. The second-order valence-corrected chi connectivity index (χ2v) is 6.20. The van der Waals surface area contributed by atoms with Gasteiger partial charge in [-0.25, -0.2) is 4.98 Å². The second kappa shape index (κ2) is 7.33. The van der Waals surface area contributed by atoms with Crippen LogP contribution in [0, 0.1) is 0 Å². The Kier molecular flexibility index (Phi) is 4.58. The van der Waals surface area contributed by atoms with Crippen LogP contribution in [0.1, 0.15) is 17.2 Å². The van der Waals surface area contributed by atoms with Gasteiger partial charge in [0.05, 0.1) is 24.4 Å². The number of pyridine rings is 2. The topological polar surface area (TPSA) is 68.5 Å². The molecule has 3 N–H and O–H groups in total. The number of phenolic OH excluding ortho intramolecular Hbond substituents is 1. The molecule has 0 spiro atoms. The number of H-pyrrole nitrogens is 1. The lowest BCUT2D eigenvalue weighted by Gasteiger charge is -2.19. The van der Waals surface area contributed by atoms with Gasteiger partial charge >= 0.3 is 0 Å². The highest BCUT2D eigenvalue weighted by Gasteiger charge is 2.25. The van der Waals surface area contributed by atoms with Crippen LogP contribution in [-0.2, 0) is 0 Å². The van der Waals surface area contributed by atoms with Crippen molar-refractivity contribution in [1.82, 2.24) is 4.98 Å². The molecule has 0 fully saturated rings. The molecule has 0 amide bonds. The highest BCUT2D eigenvalue weighted by molar-refractivity contribution is 5.86. The second-order valence-electron chi connectivity index (χ2n) is 6.20. The maximum absolute atomic E-state index is 10.7. The van der Waals surface area contributed by atoms with Gasteiger partial charge in [-0.05, 0) is 36.4 Å². The average molecular weight is 358 g/mol. The van der Waals surface area contributed by atoms with E-state index in [4.69, 9.17) is 4.74 Å². The first kappa shape index (κ1) is 16.8. The Morgan fingerprint density at radius 1 is 1.00 bits per heavy atom. The van der Waals surface area contributed by atoms with Crippen LogP contribution in [0.4, 0.5) is 5.82 Å². The van der Waals surface area contributed by atoms with Gasteiger partial charge in [0.25, 0.3) is 5.82 Å². The van der Waals surface area contributed by atoms with Gasteiger partial charge < -0.3 is 9.84 Å². The number of aromatic amines is 1. The summed E-state index contributed by atoms with van der Waals surface area (Å²) in [4.78, 5) is 7.62. The van der Waals surface area contributed by atoms with Crippen molar-refractivity contribution >= 4 is 16.7 Å². The summed E-state index contributed by atoms with van der Waals surface area (Å²) in [5, 5.41) is 15.1. The molecule has 0 aliphatic heterocycles. The number of ether oxygens (including phenoxy) is 1. The number of nitrogens with one attached hydrogen (secondary N) is 2. The number of phenols is 1. The van der Waals surface area contributed by atoms with Crippen LogP contribution in [0.5, 0.6) is 11.5 Å². The molecule has 27 heavy (non-hydrogen) atoms. The third-order valence-electron chi connectivity index (χ3n) is 4.55. The van der Waals surface area contributed by atoms with E-state index >= 15 is 0 Å². The summed E-state index contributed by atoms with van der Waals surface area (Å²) in [5.74, 6) is 1.85. The van der Waals surface area contributed by atoms with Gasteiger partial charge in [-0.3, -0.25) is 10.3 Å². The Morgan fingerprint density at radius 2 is 1.85 bits per heavy atom. The van der Waals surface area contributed by atoms with Crippen LogP contribution in [0.2, 0.25) is 0 Å². The lowest BCUT2D eigenvalue weighted by atomic mass is 9.94. The number of aromatic nitrogens is 2. The first-order valence-electron chi connectivity index (χ1n) is 8.70. The molecule has 2 aromatic heterocycles. The van der Waals surface area contributed by atoms with Crippen molar-refractivity contribution in [3.8, 4) is 11.5 Å². The van der Waals surface area contributed by atoms with Gasteiger partial charge in [0.2, 0.25) is 0 Å². The van der Waals surface area contributed by atoms with Crippen LogP contribution < -0.4 is 15.0 Å². The van der Waals surface area contributed by atoms with Crippen LogP contribution in [0.25, 0.3) is 10.9 Å². The minimum Gasteiger partial charge on any atom is -0.507 e. The smallest absolute Gasteiger partial charge is 0.272 e. The zero-order valence-corrected chi connectivity index (χ0v) is 14.9. The Bertz CT molecular complexity index is 1050. The number of hydrogen-bond donors (Lipinski definition) is 2. The van der Waals surface area contributed by atoms with E-state index in [1.54, 1.807) is 19.4 Å². The maximum atomic E-state index is 10.7. The molecule has 4 aromatic rings. The molecule has 0 saturated carbocycles. The van der Waals surface area contributed by atoms with Crippen LogP contribution in [0.15, 0.2) is 79.1 Å². The van der Waals surface area contributed by atoms with E-state index in [0.717, 1.165) is 33.6 Å². The fourth-order valence-corrected chi connectivity index (χ4v) is 3.22. The molecular formula is C22H20N3O2+. The van der Waals surface area contributed by atoms with Crippen molar-refractivity contribution in [2.24, 2.45) is 0 Å². The minimum absolute atomic E-state index is 0.222. The molecule has 0 bridgehead atoms. The molecule has 4 rings (SSSR count). The first-order valence-corrected chi connectivity index (χ1v) is 8.70. The molecular weight excluding hydrogens is 338 g/mol. The third-order valence-corrected chi connectivity index (χ3v) is 4.55. The van der Waals surface area contributed by atoms with Gasteiger partial charge in [-0.2, -0.15) is 0 Å². The number of nitrogens with zero attached hydrogens (tertiary/aromatic N) is 1. The Hall–Kier alpha value is -3.60. The quantitative estimate of drug-likeness (QED) is 0.566. The van der Waals surface area contributed by atoms with E-state index in [1.165, 1.54) is 0 Å². The fourth-order valence-electron chi connectivity index (χ4n) is 3.22. The molecule has 0 aliphatic rings. The lowest BCUT2D eigenvalue weighted by molar-refractivity contribution is -0.361. The van der Waals surface area contributed by atoms with Crippen LogP contribution in [-0.4, -0.2) is 17.2 Å². The van der Waals surface area contributed by atoms with Crippen molar-refractivity contribution in [2.45, 2.75) is 6.04 Å². The standard InChI is InChI=1S/C22H19N3O2/c1-27-16-9-7-15(8-10-16)22(25-20-6-2-3-13-24-20)21-17-5-4-14-23-18(17)11-12-19(21)26/h2-14,22,26H,1H3,(H,24,25)/p+1/t22-/m0/s1. The fraction of sp³-hybridized carbons (Fsp3) is 0.0909. The number of aromatic hydroxyl groups is 1. The number of anilines is 1. The van der Waals surface area contributed by atoms with Gasteiger partial charge in [-0.1, -0.05) is 24.3 Å². The zero-order valence-electron chi connectivity index (χ0n) is 14.9. The van der Waals surface area contributed by atoms with Crippen LogP contribution in [0.3, 0.4) is 0 Å². The summed E-state index contributed by atoms with van der Waals surface area (Å²) in [5.41, 5.74) is 2.62. The van der Waals surface area contributed by atoms with E-state index in [0.29, 0.717) is 0 Å². The molecule has 0 saturated heterocycles. The SMILES string of the molecule is COc1ccc([C@H](Nc2cccc[nH+]2)c2c(O)ccc3ncccc23)cc1. The summed E-state index contributed by atoms with van der Waals surface area (Å²) in [6.45, 7) is 0. The molecule has 1 atom stereocenters. The van der Waals surface area contributed by atoms with E-state index in [-0.39, 0.29) is 11.8 Å². The van der Waals surface area contributed by atoms with E-state index in [9.17, 15) is 5.11 Å². The number of rotatable bonds is 5. The van der Waals surface area contributed by atoms with Crippen molar-refractivity contribution in [3.05, 3.63) is 90.3 Å². The summed E-state index contributed by atoms with van der Waals surface area (Å²) in [6.07, 6.45) is 3.61. The Morgan fingerprint density at radius 3 is 2.59 bits per heavy atom. The normalized spacial score (nSPS) is 11.9. The van der Waals surface area contributed by atoms with Gasteiger partial charge in [0.1, 0.15) is 17.5 Å². The van der Waals surface area contributed by atoms with E-state index < -0.39 is 0 Å². The van der Waals surface area contributed by atoms with Gasteiger partial charge in [-0.15, -0.1) is 0 Å². The molecule has 0 unspecified atom stereocenters. The lowest BCUT2D eigenvalue weighted by Crippen LogP contribution is -2.19. The van der Waals surface area contributed by atoms with E-state index in [1.807, 2.05) is 66.9 Å². The molecule has 0 radical (unpaired) electrons. The summed E-state index contributed by atoms with van der Waals surface area (Å²) in [7, 11) is 1.64. The van der Waals surface area contributed by atoms with Crippen molar-refractivity contribution in [2.75, 3.05) is 12.4 Å². The maximum Gasteiger partial charge on any atom is 0.272 e. The number of hydrogen-bond acceptors (Lipinski definition) is 4. The number of methoxy groups -OCH3 is 1. The average Bonchev–Trinajstić information content (AvgIpc) is 2.73. The van der Waals surface area contributed by atoms with Crippen LogP contribution >= 0.6 is 0 Å². The molecule has 5 nitrogen and oxygen atoms in total. The zero-order chi connectivity index (χ0) is 18.6. The first-order chi connectivity index (χ1) is 13.3. The monoisotopic (exact) mass is 358 g/mol. The van der Waals surface area contributed by atoms with Crippen molar-refractivity contribution in [3.63, 3.8) is 0 Å². The predicted octanol–water partition coefficient (Wildman–Crippen LogP) is 3.96.